The molecule has 1 aromatic rings. The van der Waals surface area contributed by atoms with Gasteiger partial charge in [-0.1, -0.05) is 20.8 Å². The fourth-order valence-corrected chi connectivity index (χ4v) is 1.47. The third kappa shape index (κ3) is 1.72. The first kappa shape index (κ1) is 9.79. The molecular formula is C10H15N3. The summed E-state index contributed by atoms with van der Waals surface area (Å²) in [7, 11) is 0. The van der Waals surface area contributed by atoms with Gasteiger partial charge >= 0.3 is 0 Å². The van der Waals surface area contributed by atoms with Crippen LogP contribution in [0.5, 0.6) is 0 Å². The van der Waals surface area contributed by atoms with Crippen LogP contribution in [0.15, 0.2) is 6.20 Å². The summed E-state index contributed by atoms with van der Waals surface area (Å²) >= 11 is 0. The van der Waals surface area contributed by atoms with Gasteiger partial charge in [-0.2, -0.15) is 5.10 Å². The van der Waals surface area contributed by atoms with Crippen molar-refractivity contribution in [2.24, 2.45) is 0 Å². The molecule has 0 amide bonds. The minimum atomic E-state index is -0.00755. The van der Waals surface area contributed by atoms with Gasteiger partial charge in [-0.05, 0) is 12.3 Å². The molecule has 70 valence electrons. The molecule has 0 aliphatic rings. The highest BCUT2D eigenvalue weighted by Gasteiger charge is 2.22. The monoisotopic (exact) mass is 177 g/mol. The van der Waals surface area contributed by atoms with Crippen molar-refractivity contribution >= 4 is 5.69 Å². The lowest BCUT2D eigenvalue weighted by Gasteiger charge is -2.20. The van der Waals surface area contributed by atoms with Gasteiger partial charge in [0.15, 0.2) is 0 Å². The largest absolute Gasteiger partial charge is 0.281 e. The molecule has 1 aromatic heterocycles. The van der Waals surface area contributed by atoms with Gasteiger partial charge in [-0.3, -0.25) is 4.68 Å². The lowest BCUT2D eigenvalue weighted by atomic mass is 9.91. The van der Waals surface area contributed by atoms with Crippen molar-refractivity contribution in [1.82, 2.24) is 9.78 Å². The highest BCUT2D eigenvalue weighted by atomic mass is 15.3. The maximum absolute atomic E-state index is 7.02. The smallest absolute Gasteiger partial charge is 0.227 e. The minimum Gasteiger partial charge on any atom is -0.281 e. The van der Waals surface area contributed by atoms with Gasteiger partial charge in [-0.25, -0.2) is 4.85 Å². The first-order chi connectivity index (χ1) is 6.00. The van der Waals surface area contributed by atoms with Crippen molar-refractivity contribution in [2.45, 2.75) is 39.7 Å². The van der Waals surface area contributed by atoms with Crippen LogP contribution >= 0.6 is 0 Å². The van der Waals surface area contributed by atoms with E-state index in [-0.39, 0.29) is 5.41 Å². The van der Waals surface area contributed by atoms with Crippen LogP contribution in [0.4, 0.5) is 5.69 Å². The van der Waals surface area contributed by atoms with Gasteiger partial charge in [0, 0.05) is 6.54 Å². The second-order valence-corrected chi connectivity index (χ2v) is 4.06. The SMILES string of the molecule is [C-]#[N+]c1cnn(CC)c1C(C)(C)C. The second-order valence-electron chi connectivity index (χ2n) is 4.06. The molecule has 1 heterocycles. The molecule has 0 saturated carbocycles. The lowest BCUT2D eigenvalue weighted by Crippen LogP contribution is -2.17. The van der Waals surface area contributed by atoms with Crippen LogP contribution in [0.2, 0.25) is 0 Å². The zero-order valence-electron chi connectivity index (χ0n) is 8.63. The maximum Gasteiger partial charge on any atom is 0.227 e. The van der Waals surface area contributed by atoms with E-state index in [1.165, 1.54) is 0 Å². The maximum atomic E-state index is 7.02. The Labute approximate surface area is 79.2 Å². The summed E-state index contributed by atoms with van der Waals surface area (Å²) in [6.07, 6.45) is 1.65. The molecule has 0 fully saturated rings. The normalized spacial score (nSPS) is 11.3. The third-order valence-corrected chi connectivity index (χ3v) is 1.95. The van der Waals surface area contributed by atoms with Crippen LogP contribution in [0, 0.1) is 6.57 Å². The Hall–Kier alpha value is -1.30. The molecule has 0 atom stereocenters. The van der Waals surface area contributed by atoms with E-state index in [4.69, 9.17) is 6.57 Å². The van der Waals surface area contributed by atoms with Crippen LogP contribution in [0.3, 0.4) is 0 Å². The zero-order valence-corrected chi connectivity index (χ0v) is 8.63. The summed E-state index contributed by atoms with van der Waals surface area (Å²) in [6, 6.07) is 0. The Morgan fingerprint density at radius 2 is 2.15 bits per heavy atom. The van der Waals surface area contributed by atoms with Crippen LogP contribution in [-0.4, -0.2) is 9.78 Å². The summed E-state index contributed by atoms with van der Waals surface area (Å²) < 4.78 is 1.90. The number of aryl methyl sites for hydroxylation is 1. The Kier molecular flexibility index (Phi) is 2.42. The third-order valence-electron chi connectivity index (χ3n) is 1.95. The summed E-state index contributed by atoms with van der Waals surface area (Å²) in [4.78, 5) is 3.47. The zero-order chi connectivity index (χ0) is 10.1. The van der Waals surface area contributed by atoms with Gasteiger partial charge in [-0.15, -0.1) is 0 Å². The van der Waals surface area contributed by atoms with E-state index in [0.717, 1.165) is 12.2 Å². The highest BCUT2D eigenvalue weighted by Crippen LogP contribution is 2.31. The van der Waals surface area contributed by atoms with Crippen molar-refractivity contribution in [3.05, 3.63) is 23.3 Å². The molecule has 0 radical (unpaired) electrons. The molecule has 0 aliphatic carbocycles. The minimum absolute atomic E-state index is 0.00755. The molecule has 0 aliphatic heterocycles. The summed E-state index contributed by atoms with van der Waals surface area (Å²) in [5.74, 6) is 0. The second kappa shape index (κ2) is 3.21. The molecule has 0 N–H and O–H groups in total. The van der Waals surface area contributed by atoms with Crippen LogP contribution < -0.4 is 0 Å². The summed E-state index contributed by atoms with van der Waals surface area (Å²) in [5, 5.41) is 4.17. The van der Waals surface area contributed by atoms with Gasteiger partial charge in [0.25, 0.3) is 0 Å². The van der Waals surface area contributed by atoms with Crippen LogP contribution in [0.25, 0.3) is 4.85 Å². The molecule has 13 heavy (non-hydrogen) atoms. The summed E-state index contributed by atoms with van der Waals surface area (Å²) in [5.41, 5.74) is 1.70. The van der Waals surface area contributed by atoms with Gasteiger partial charge < -0.3 is 0 Å². The average Bonchev–Trinajstić information content (AvgIpc) is 2.45. The Morgan fingerprint density at radius 3 is 2.54 bits per heavy atom. The summed E-state index contributed by atoms with van der Waals surface area (Å²) in [6.45, 7) is 16.2. The van der Waals surface area contributed by atoms with E-state index in [9.17, 15) is 0 Å². The molecule has 0 spiro atoms. The highest BCUT2D eigenvalue weighted by molar-refractivity contribution is 5.50. The van der Waals surface area contributed by atoms with Crippen LogP contribution in [-0.2, 0) is 12.0 Å². The Morgan fingerprint density at radius 1 is 1.54 bits per heavy atom. The van der Waals surface area contributed by atoms with Gasteiger partial charge in [0.2, 0.25) is 5.69 Å². The first-order valence-electron chi connectivity index (χ1n) is 4.44. The van der Waals surface area contributed by atoms with Crippen molar-refractivity contribution in [2.75, 3.05) is 0 Å². The van der Waals surface area contributed by atoms with Crippen molar-refractivity contribution in [3.8, 4) is 0 Å². The number of hydrogen-bond acceptors (Lipinski definition) is 1. The van der Waals surface area contributed by atoms with Crippen molar-refractivity contribution < 1.29 is 0 Å². The number of nitrogens with zero attached hydrogens (tertiary/aromatic N) is 3. The lowest BCUT2D eigenvalue weighted by molar-refractivity contribution is 0.500. The fourth-order valence-electron chi connectivity index (χ4n) is 1.47. The topological polar surface area (TPSA) is 22.2 Å². The Balaban J connectivity index is 3.31. The fraction of sp³-hybridized carbons (Fsp3) is 0.600. The van der Waals surface area contributed by atoms with Gasteiger partial charge in [0.1, 0.15) is 0 Å². The molecule has 1 rings (SSSR count). The van der Waals surface area contributed by atoms with Crippen molar-refractivity contribution in [3.63, 3.8) is 0 Å². The van der Waals surface area contributed by atoms with Gasteiger partial charge in [0.05, 0.1) is 18.5 Å². The van der Waals surface area contributed by atoms with E-state index in [0.29, 0.717) is 5.69 Å². The van der Waals surface area contributed by atoms with E-state index in [1.807, 2.05) is 11.6 Å². The van der Waals surface area contributed by atoms with E-state index >= 15 is 0 Å². The van der Waals surface area contributed by atoms with Crippen molar-refractivity contribution in [1.29, 1.82) is 0 Å². The average molecular weight is 177 g/mol. The standard InChI is InChI=1S/C10H15N3/c1-6-13-9(10(2,3)4)8(11-5)7-12-13/h7H,6H2,1-4H3. The molecule has 0 bridgehead atoms. The predicted molar refractivity (Wildman–Crippen MR) is 52.9 cm³/mol. The molecule has 3 nitrogen and oxygen atoms in total. The molecular weight excluding hydrogens is 162 g/mol. The molecule has 0 aromatic carbocycles. The van der Waals surface area contributed by atoms with Crippen LogP contribution in [0.1, 0.15) is 33.4 Å². The van der Waals surface area contributed by atoms with E-state index in [2.05, 4.69) is 30.7 Å². The van der Waals surface area contributed by atoms with E-state index < -0.39 is 0 Å². The quantitative estimate of drug-likeness (QED) is 0.604. The Bertz CT molecular complexity index is 336. The predicted octanol–water partition coefficient (Wildman–Crippen LogP) is 2.75. The molecule has 0 saturated heterocycles. The first-order valence-corrected chi connectivity index (χ1v) is 4.44. The molecule has 3 heteroatoms. The number of aromatic nitrogens is 2. The van der Waals surface area contributed by atoms with E-state index in [1.54, 1.807) is 6.20 Å². The number of rotatable bonds is 1. The number of hydrogen-bond donors (Lipinski definition) is 0. The molecule has 0 unspecified atom stereocenters.